The van der Waals surface area contributed by atoms with E-state index in [2.05, 4.69) is 10.4 Å². The molecule has 1 aromatic heterocycles. The molecule has 1 N–H and O–H groups in total. The molecule has 7 heteroatoms. The van der Waals surface area contributed by atoms with Crippen molar-refractivity contribution in [3.8, 4) is 0 Å². The van der Waals surface area contributed by atoms with Crippen molar-refractivity contribution in [3.05, 3.63) is 12.4 Å². The molecular weight excluding hydrogens is 334 g/mol. The number of ether oxygens (including phenoxy) is 2. The van der Waals surface area contributed by atoms with E-state index in [0.29, 0.717) is 25.1 Å². The van der Waals surface area contributed by atoms with Gasteiger partial charge in [0.2, 0.25) is 0 Å². The first-order valence-corrected chi connectivity index (χ1v) is 9.10. The molecule has 0 aromatic carbocycles. The number of aryl methyl sites for hydroxylation is 1. The van der Waals surface area contributed by atoms with Gasteiger partial charge in [-0.3, -0.25) is 14.3 Å². The van der Waals surface area contributed by atoms with Crippen molar-refractivity contribution < 1.29 is 19.1 Å². The molecule has 1 aliphatic heterocycles. The molecule has 1 saturated heterocycles. The zero-order valence-electron chi connectivity index (χ0n) is 16.5. The Balaban J connectivity index is 1.71. The van der Waals surface area contributed by atoms with Crippen molar-refractivity contribution in [1.29, 1.82) is 0 Å². The third-order valence-electron chi connectivity index (χ3n) is 6.84. The summed E-state index contributed by atoms with van der Waals surface area (Å²) >= 11 is 0. The molecule has 0 unspecified atom stereocenters. The minimum atomic E-state index is -1.11. The van der Waals surface area contributed by atoms with Gasteiger partial charge in [-0.2, -0.15) is 5.10 Å². The minimum absolute atomic E-state index is 0.231. The second-order valence-corrected chi connectivity index (χ2v) is 8.83. The normalized spacial score (nSPS) is 29.7. The number of carbonyl (C=O) groups excluding carboxylic acids is 2. The maximum absolute atomic E-state index is 13.0. The van der Waals surface area contributed by atoms with Crippen LogP contribution >= 0.6 is 0 Å². The summed E-state index contributed by atoms with van der Waals surface area (Å²) in [6.45, 7) is 10.5. The van der Waals surface area contributed by atoms with Gasteiger partial charge in [0.25, 0.3) is 5.91 Å². The summed E-state index contributed by atoms with van der Waals surface area (Å²) in [6, 6.07) is 0. The summed E-state index contributed by atoms with van der Waals surface area (Å²) in [7, 11) is 1.69. The van der Waals surface area contributed by atoms with E-state index in [1.54, 1.807) is 24.2 Å². The zero-order valence-corrected chi connectivity index (χ0v) is 16.5. The third kappa shape index (κ3) is 2.55. The van der Waals surface area contributed by atoms with Gasteiger partial charge in [-0.1, -0.05) is 13.8 Å². The lowest BCUT2D eigenvalue weighted by molar-refractivity contribution is -0.165. The van der Waals surface area contributed by atoms with E-state index in [-0.39, 0.29) is 17.5 Å². The number of methoxy groups -OCH3 is 1. The molecule has 2 heterocycles. The first kappa shape index (κ1) is 18.9. The van der Waals surface area contributed by atoms with E-state index in [1.807, 2.05) is 34.6 Å². The summed E-state index contributed by atoms with van der Waals surface area (Å²) in [5, 5.41) is 7.19. The summed E-state index contributed by atoms with van der Waals surface area (Å²) in [6.07, 6.45) is 5.41. The molecule has 0 radical (unpaired) electrons. The number of amides is 1. The van der Waals surface area contributed by atoms with Gasteiger partial charge in [0.05, 0.1) is 22.9 Å². The highest BCUT2D eigenvalue weighted by Gasteiger charge is 2.75. The number of carbonyl (C=O) groups is 2. The molecule has 1 aliphatic carbocycles. The predicted molar refractivity (Wildman–Crippen MR) is 96.5 cm³/mol. The topological polar surface area (TPSA) is 82.5 Å². The molecule has 1 amide bonds. The molecule has 1 saturated carbocycles. The number of hydrogen-bond acceptors (Lipinski definition) is 5. The Kier molecular flexibility index (Phi) is 4.22. The van der Waals surface area contributed by atoms with Crippen LogP contribution in [0.4, 0.5) is 5.69 Å². The van der Waals surface area contributed by atoms with Gasteiger partial charge < -0.3 is 14.8 Å². The molecule has 2 atom stereocenters. The molecule has 2 aliphatic rings. The fourth-order valence-electron chi connectivity index (χ4n) is 4.02. The van der Waals surface area contributed by atoms with Crippen molar-refractivity contribution in [2.75, 3.05) is 12.4 Å². The largest absolute Gasteiger partial charge is 0.448 e. The van der Waals surface area contributed by atoms with Gasteiger partial charge in [-0.15, -0.1) is 0 Å². The second kappa shape index (κ2) is 5.81. The second-order valence-electron chi connectivity index (χ2n) is 8.83. The Morgan fingerprint density at radius 1 is 1.38 bits per heavy atom. The lowest BCUT2D eigenvalue weighted by Gasteiger charge is -2.35. The van der Waals surface area contributed by atoms with Gasteiger partial charge in [-0.25, -0.2) is 0 Å². The first-order valence-electron chi connectivity index (χ1n) is 9.10. The van der Waals surface area contributed by atoms with Crippen molar-refractivity contribution >= 4 is 17.6 Å². The summed E-state index contributed by atoms with van der Waals surface area (Å²) in [4.78, 5) is 25.3. The van der Waals surface area contributed by atoms with Crippen molar-refractivity contribution in [3.63, 3.8) is 0 Å². The Morgan fingerprint density at radius 2 is 2.08 bits per heavy atom. The van der Waals surface area contributed by atoms with Crippen molar-refractivity contribution in [1.82, 2.24) is 9.78 Å². The van der Waals surface area contributed by atoms with Gasteiger partial charge in [0.1, 0.15) is 0 Å². The highest BCUT2D eigenvalue weighted by atomic mass is 16.6. The van der Waals surface area contributed by atoms with Crippen LogP contribution in [-0.4, -0.2) is 40.0 Å². The molecule has 3 rings (SSSR count). The van der Waals surface area contributed by atoms with Gasteiger partial charge in [0, 0.05) is 25.3 Å². The fraction of sp³-hybridized carbons (Fsp3) is 0.737. The van der Waals surface area contributed by atoms with Crippen LogP contribution in [0, 0.1) is 10.8 Å². The lowest BCUT2D eigenvalue weighted by Crippen LogP contribution is -2.50. The number of rotatable bonds is 6. The molecule has 1 aromatic rings. The molecular formula is C19H29N3O4. The lowest BCUT2D eigenvalue weighted by atomic mass is 9.66. The Labute approximate surface area is 154 Å². The van der Waals surface area contributed by atoms with Gasteiger partial charge >= 0.3 is 5.97 Å². The quantitative estimate of drug-likeness (QED) is 0.786. The molecule has 0 spiro atoms. The van der Waals surface area contributed by atoms with E-state index in [0.717, 1.165) is 6.42 Å². The van der Waals surface area contributed by atoms with Gasteiger partial charge in [0.15, 0.2) is 5.60 Å². The maximum Gasteiger partial charge on any atom is 0.313 e. The van der Waals surface area contributed by atoms with Crippen LogP contribution in [-0.2, 0) is 25.6 Å². The number of fused-ring (bicyclic) bond motifs is 2. The SMILES string of the molecule is COC(C)(C)CCn1cc(NC(=O)[C@@]23CC[C@@](C)(C(=O)O2)C3(C)C)cn1. The van der Waals surface area contributed by atoms with Crippen molar-refractivity contribution in [2.45, 2.75) is 71.6 Å². The smallest absolute Gasteiger partial charge is 0.313 e. The van der Waals surface area contributed by atoms with Gasteiger partial charge in [-0.05, 0) is 40.0 Å². The third-order valence-corrected chi connectivity index (χ3v) is 6.84. The minimum Gasteiger partial charge on any atom is -0.448 e. The average Bonchev–Trinajstić information content (AvgIpc) is 3.14. The van der Waals surface area contributed by atoms with E-state index >= 15 is 0 Å². The van der Waals surface area contributed by atoms with E-state index in [4.69, 9.17) is 9.47 Å². The van der Waals surface area contributed by atoms with E-state index in [1.165, 1.54) is 0 Å². The van der Waals surface area contributed by atoms with Crippen LogP contribution in [0.1, 0.15) is 53.9 Å². The summed E-state index contributed by atoms with van der Waals surface area (Å²) in [5.74, 6) is -0.546. The Morgan fingerprint density at radius 3 is 2.62 bits per heavy atom. The molecule has 2 bridgehead atoms. The number of nitrogens with one attached hydrogen (secondary N) is 1. The number of aromatic nitrogens is 2. The highest BCUT2D eigenvalue weighted by molar-refractivity contribution is 6.03. The van der Waals surface area contributed by atoms with Crippen LogP contribution in [0.5, 0.6) is 0 Å². The fourth-order valence-corrected chi connectivity index (χ4v) is 4.02. The monoisotopic (exact) mass is 363 g/mol. The maximum atomic E-state index is 13.0. The summed E-state index contributed by atoms with van der Waals surface area (Å²) in [5.41, 5.74) is -1.91. The Bertz CT molecular complexity index is 739. The predicted octanol–water partition coefficient (Wildman–Crippen LogP) is 2.76. The van der Waals surface area contributed by atoms with Crippen LogP contribution in [0.15, 0.2) is 12.4 Å². The van der Waals surface area contributed by atoms with E-state index < -0.39 is 16.4 Å². The van der Waals surface area contributed by atoms with E-state index in [9.17, 15) is 9.59 Å². The number of hydrogen-bond donors (Lipinski definition) is 1. The van der Waals surface area contributed by atoms with Crippen LogP contribution < -0.4 is 5.32 Å². The standard InChI is InChI=1S/C19H29N3O4/c1-16(2,25-6)9-10-22-12-13(11-20-22)21-14(23)19-8-7-18(5,15(24)26-19)17(19,3)4/h11-12H,7-10H2,1-6H3,(H,21,23)/t18-,19+/m0/s1. The van der Waals surface area contributed by atoms with Crippen LogP contribution in [0.2, 0.25) is 0 Å². The summed E-state index contributed by atoms with van der Waals surface area (Å²) < 4.78 is 12.8. The first-order chi connectivity index (χ1) is 12.0. The molecule has 144 valence electrons. The van der Waals surface area contributed by atoms with Crippen LogP contribution in [0.25, 0.3) is 0 Å². The van der Waals surface area contributed by atoms with Crippen molar-refractivity contribution in [2.24, 2.45) is 10.8 Å². The molecule has 26 heavy (non-hydrogen) atoms. The molecule has 2 fully saturated rings. The van der Waals surface area contributed by atoms with Crippen LogP contribution in [0.3, 0.4) is 0 Å². The Hall–Kier alpha value is -1.89. The average molecular weight is 363 g/mol. The number of anilines is 1. The zero-order chi connectivity index (χ0) is 19.4. The highest BCUT2D eigenvalue weighted by Crippen LogP contribution is 2.65. The number of nitrogens with zero attached hydrogens (tertiary/aromatic N) is 2. The molecule has 7 nitrogen and oxygen atoms in total. The number of esters is 1.